The number of hydrogen-bond acceptors (Lipinski definition) is 3. The highest BCUT2D eigenvalue weighted by molar-refractivity contribution is 6.30. The molecule has 4 N–H and O–H groups in total. The molecule has 2 rings (SSSR count). The largest absolute Gasteiger partial charge is 0.465 e. The Labute approximate surface area is 127 Å². The molecule has 1 amide bonds. The molecule has 1 unspecified atom stereocenters. The average molecular weight is 307 g/mol. The summed E-state index contributed by atoms with van der Waals surface area (Å²) in [5, 5.41) is 11.7. The minimum absolute atomic E-state index is 0.345. The summed E-state index contributed by atoms with van der Waals surface area (Å²) in [6.07, 6.45) is -1.08. The monoisotopic (exact) mass is 306 g/mol. The van der Waals surface area contributed by atoms with Gasteiger partial charge in [-0.1, -0.05) is 23.7 Å². The van der Waals surface area contributed by atoms with Crippen LogP contribution in [-0.2, 0) is 0 Å². The Hall–Kier alpha value is -2.40. The van der Waals surface area contributed by atoms with Crippen LogP contribution in [0.5, 0.6) is 11.5 Å². The number of ether oxygens (including phenoxy) is 1. The molecule has 2 aromatic carbocycles. The molecule has 6 heteroatoms. The number of carbonyl (C=O) groups is 1. The molecule has 0 aliphatic carbocycles. The first-order valence-electron chi connectivity index (χ1n) is 6.28. The van der Waals surface area contributed by atoms with Gasteiger partial charge in [0.2, 0.25) is 0 Å². The topological polar surface area (TPSA) is 84.6 Å². The van der Waals surface area contributed by atoms with Crippen LogP contribution in [0.1, 0.15) is 18.5 Å². The molecule has 0 spiro atoms. The van der Waals surface area contributed by atoms with Crippen molar-refractivity contribution in [3.63, 3.8) is 0 Å². The molecule has 0 bridgehead atoms. The van der Waals surface area contributed by atoms with Crippen LogP contribution >= 0.6 is 11.6 Å². The van der Waals surface area contributed by atoms with E-state index >= 15 is 0 Å². The van der Waals surface area contributed by atoms with E-state index < -0.39 is 6.09 Å². The lowest BCUT2D eigenvalue weighted by atomic mass is 10.1. The van der Waals surface area contributed by atoms with Gasteiger partial charge in [-0.2, -0.15) is 0 Å². The molecule has 0 aliphatic rings. The van der Waals surface area contributed by atoms with Crippen LogP contribution in [0.25, 0.3) is 0 Å². The Morgan fingerprint density at radius 2 is 2.10 bits per heavy atom. The second kappa shape index (κ2) is 6.37. The minimum atomic E-state index is -1.08. The second-order valence-corrected chi connectivity index (χ2v) is 4.96. The fraction of sp³-hybridized carbons (Fsp3) is 0.133. The second-order valence-electron chi connectivity index (χ2n) is 4.53. The van der Waals surface area contributed by atoms with Gasteiger partial charge in [-0.3, -0.25) is 0 Å². The maximum Gasteiger partial charge on any atom is 0.405 e. The summed E-state index contributed by atoms with van der Waals surface area (Å²) >= 11 is 5.91. The van der Waals surface area contributed by atoms with Crippen LogP contribution in [0.4, 0.5) is 10.5 Å². The Balaban J connectivity index is 2.21. The van der Waals surface area contributed by atoms with Crippen molar-refractivity contribution in [1.29, 1.82) is 0 Å². The van der Waals surface area contributed by atoms with E-state index in [-0.39, 0.29) is 6.04 Å². The molecule has 0 saturated carbocycles. The van der Waals surface area contributed by atoms with Gasteiger partial charge >= 0.3 is 6.09 Å². The van der Waals surface area contributed by atoms with Crippen LogP contribution in [0.15, 0.2) is 42.5 Å². The van der Waals surface area contributed by atoms with Crippen molar-refractivity contribution >= 4 is 23.4 Å². The van der Waals surface area contributed by atoms with E-state index in [2.05, 4.69) is 5.32 Å². The van der Waals surface area contributed by atoms with Crippen LogP contribution in [0.3, 0.4) is 0 Å². The van der Waals surface area contributed by atoms with Crippen molar-refractivity contribution in [3.8, 4) is 11.5 Å². The third-order valence-corrected chi connectivity index (χ3v) is 3.14. The van der Waals surface area contributed by atoms with Crippen LogP contribution in [-0.4, -0.2) is 11.2 Å². The SMILES string of the molecule is CC(NC(=O)O)c1cccc(Oc2cc(Cl)ccc2N)c1. The molecule has 0 fully saturated rings. The Morgan fingerprint density at radius 3 is 2.81 bits per heavy atom. The molecule has 0 aromatic heterocycles. The van der Waals surface area contributed by atoms with Gasteiger partial charge in [0, 0.05) is 11.1 Å². The lowest BCUT2D eigenvalue weighted by molar-refractivity contribution is 0.191. The van der Waals surface area contributed by atoms with Gasteiger partial charge in [0.15, 0.2) is 5.75 Å². The molecular weight excluding hydrogens is 292 g/mol. The number of nitrogen functional groups attached to an aromatic ring is 1. The predicted molar refractivity (Wildman–Crippen MR) is 82.0 cm³/mol. The summed E-state index contributed by atoms with van der Waals surface area (Å²) in [4.78, 5) is 10.7. The van der Waals surface area contributed by atoms with E-state index in [0.717, 1.165) is 5.56 Å². The number of rotatable bonds is 4. The third-order valence-electron chi connectivity index (χ3n) is 2.90. The highest BCUT2D eigenvalue weighted by Crippen LogP contribution is 2.31. The number of nitrogens with one attached hydrogen (secondary N) is 1. The van der Waals surface area contributed by atoms with Crippen molar-refractivity contribution in [2.45, 2.75) is 13.0 Å². The molecule has 21 heavy (non-hydrogen) atoms. The van der Waals surface area contributed by atoms with Crippen LogP contribution in [0.2, 0.25) is 5.02 Å². The van der Waals surface area contributed by atoms with Crippen molar-refractivity contribution in [2.75, 3.05) is 5.73 Å². The van der Waals surface area contributed by atoms with Gasteiger partial charge in [0.05, 0.1) is 11.7 Å². The zero-order valence-electron chi connectivity index (χ0n) is 11.3. The Bertz CT molecular complexity index is 661. The summed E-state index contributed by atoms with van der Waals surface area (Å²) in [6, 6.07) is 11.7. The average Bonchev–Trinajstić information content (AvgIpc) is 2.42. The van der Waals surface area contributed by atoms with E-state index in [4.69, 9.17) is 27.2 Å². The molecule has 1 atom stereocenters. The number of hydrogen-bond donors (Lipinski definition) is 3. The van der Waals surface area contributed by atoms with Crippen molar-refractivity contribution in [2.24, 2.45) is 0 Å². The van der Waals surface area contributed by atoms with Gasteiger partial charge in [-0.15, -0.1) is 0 Å². The van der Waals surface area contributed by atoms with Gasteiger partial charge in [0.1, 0.15) is 5.75 Å². The highest BCUT2D eigenvalue weighted by Gasteiger charge is 2.10. The van der Waals surface area contributed by atoms with Gasteiger partial charge in [-0.25, -0.2) is 4.79 Å². The van der Waals surface area contributed by atoms with Crippen LogP contribution in [0, 0.1) is 0 Å². The quantitative estimate of drug-likeness (QED) is 0.744. The normalized spacial score (nSPS) is 11.7. The molecule has 0 saturated heterocycles. The number of anilines is 1. The number of nitrogens with two attached hydrogens (primary N) is 1. The van der Waals surface area contributed by atoms with E-state index in [1.54, 1.807) is 43.3 Å². The molecule has 0 heterocycles. The summed E-state index contributed by atoms with van der Waals surface area (Å²) in [5.74, 6) is 1.01. The Morgan fingerprint density at radius 1 is 1.33 bits per heavy atom. The summed E-state index contributed by atoms with van der Waals surface area (Å²) in [6.45, 7) is 1.75. The first kappa shape index (κ1) is 15.0. The van der Waals surface area contributed by atoms with Crippen molar-refractivity contribution < 1.29 is 14.6 Å². The summed E-state index contributed by atoms with van der Waals surface area (Å²) in [7, 11) is 0. The molecule has 5 nitrogen and oxygen atoms in total. The molecule has 110 valence electrons. The van der Waals surface area contributed by atoms with Gasteiger partial charge in [0.25, 0.3) is 0 Å². The number of halogens is 1. The van der Waals surface area contributed by atoms with E-state index in [0.29, 0.717) is 22.2 Å². The molecular formula is C15H15ClN2O3. The lowest BCUT2D eigenvalue weighted by Crippen LogP contribution is -2.24. The van der Waals surface area contributed by atoms with E-state index in [1.165, 1.54) is 0 Å². The first-order chi connectivity index (χ1) is 9.95. The standard InChI is InChI=1S/C15H15ClN2O3/c1-9(18-15(19)20)10-3-2-4-12(7-10)21-14-8-11(16)5-6-13(14)17/h2-9,18H,17H2,1H3,(H,19,20). The van der Waals surface area contributed by atoms with E-state index in [9.17, 15) is 4.79 Å². The first-order valence-corrected chi connectivity index (χ1v) is 6.66. The van der Waals surface area contributed by atoms with Crippen molar-refractivity contribution in [3.05, 3.63) is 53.1 Å². The van der Waals surface area contributed by atoms with Crippen LogP contribution < -0.4 is 15.8 Å². The molecule has 0 aliphatic heterocycles. The molecule has 2 aromatic rings. The number of carboxylic acid groups (broad SMARTS) is 1. The summed E-state index contributed by atoms with van der Waals surface area (Å²) in [5.41, 5.74) is 7.09. The zero-order chi connectivity index (χ0) is 15.4. The summed E-state index contributed by atoms with van der Waals surface area (Å²) < 4.78 is 5.70. The van der Waals surface area contributed by atoms with Crippen molar-refractivity contribution in [1.82, 2.24) is 5.32 Å². The maximum absolute atomic E-state index is 10.7. The predicted octanol–water partition coefficient (Wildman–Crippen LogP) is 4.04. The number of benzene rings is 2. The maximum atomic E-state index is 10.7. The van der Waals surface area contributed by atoms with E-state index in [1.807, 2.05) is 6.07 Å². The van der Waals surface area contributed by atoms with Gasteiger partial charge in [-0.05, 0) is 36.8 Å². The fourth-order valence-corrected chi connectivity index (χ4v) is 2.00. The lowest BCUT2D eigenvalue weighted by Gasteiger charge is -2.14. The minimum Gasteiger partial charge on any atom is -0.465 e. The Kier molecular flexibility index (Phi) is 4.55. The highest BCUT2D eigenvalue weighted by atomic mass is 35.5. The zero-order valence-corrected chi connectivity index (χ0v) is 12.1. The molecule has 0 radical (unpaired) electrons. The van der Waals surface area contributed by atoms with Gasteiger partial charge < -0.3 is 20.9 Å². The number of amides is 1. The smallest absolute Gasteiger partial charge is 0.405 e. The third kappa shape index (κ3) is 4.03. The fourth-order valence-electron chi connectivity index (χ4n) is 1.84.